The molecule has 14 heavy (non-hydrogen) atoms. The second-order valence-electron chi connectivity index (χ2n) is 4.13. The SMILES string of the molecule is CNC1CCCCC(c2ccsn2)C1. The molecule has 0 saturated heterocycles. The molecule has 1 N–H and O–H groups in total. The van der Waals surface area contributed by atoms with Crippen molar-refractivity contribution >= 4 is 11.5 Å². The summed E-state index contributed by atoms with van der Waals surface area (Å²) in [4.78, 5) is 0. The minimum absolute atomic E-state index is 0.696. The second kappa shape index (κ2) is 4.89. The number of hydrogen-bond acceptors (Lipinski definition) is 3. The Labute approximate surface area is 89.9 Å². The van der Waals surface area contributed by atoms with E-state index in [2.05, 4.69) is 28.2 Å². The molecule has 2 rings (SSSR count). The summed E-state index contributed by atoms with van der Waals surface area (Å²) in [5, 5.41) is 5.50. The van der Waals surface area contributed by atoms with Gasteiger partial charge in [-0.05, 0) is 43.9 Å². The van der Waals surface area contributed by atoms with Gasteiger partial charge < -0.3 is 5.32 Å². The Hall–Kier alpha value is -0.410. The standard InChI is InChI=1S/C11H18N2S/c1-12-10-5-3-2-4-9(8-10)11-6-7-14-13-11/h6-7,9-10,12H,2-5,8H2,1H3. The highest BCUT2D eigenvalue weighted by atomic mass is 32.1. The van der Waals surface area contributed by atoms with Crippen LogP contribution in [0.15, 0.2) is 11.4 Å². The first-order chi connectivity index (χ1) is 6.90. The maximum atomic E-state index is 4.46. The highest BCUT2D eigenvalue weighted by Gasteiger charge is 2.21. The fourth-order valence-corrected chi connectivity index (χ4v) is 2.92. The molecule has 3 heteroatoms. The summed E-state index contributed by atoms with van der Waals surface area (Å²) >= 11 is 1.58. The Balaban J connectivity index is 2.03. The van der Waals surface area contributed by atoms with Crippen molar-refractivity contribution in [3.8, 4) is 0 Å². The number of nitrogens with one attached hydrogen (secondary N) is 1. The van der Waals surface area contributed by atoms with Gasteiger partial charge in [-0.3, -0.25) is 0 Å². The van der Waals surface area contributed by atoms with Crippen LogP contribution < -0.4 is 5.32 Å². The van der Waals surface area contributed by atoms with Gasteiger partial charge in [0.2, 0.25) is 0 Å². The average Bonchev–Trinajstić information content (AvgIpc) is 2.63. The molecule has 1 aliphatic carbocycles. The zero-order valence-electron chi connectivity index (χ0n) is 8.70. The summed E-state index contributed by atoms with van der Waals surface area (Å²) in [5.74, 6) is 0.696. The average molecular weight is 210 g/mol. The van der Waals surface area contributed by atoms with Gasteiger partial charge in [-0.25, -0.2) is 0 Å². The van der Waals surface area contributed by atoms with Gasteiger partial charge in [0.25, 0.3) is 0 Å². The molecule has 1 aromatic rings. The molecule has 78 valence electrons. The fourth-order valence-electron chi connectivity index (χ4n) is 2.32. The molecule has 0 amide bonds. The number of aromatic nitrogens is 1. The van der Waals surface area contributed by atoms with Crippen LogP contribution in [-0.4, -0.2) is 17.5 Å². The Bertz CT molecular complexity index is 258. The van der Waals surface area contributed by atoms with Crippen molar-refractivity contribution in [3.05, 3.63) is 17.1 Å². The van der Waals surface area contributed by atoms with Crippen molar-refractivity contribution in [1.82, 2.24) is 9.69 Å². The van der Waals surface area contributed by atoms with Crippen molar-refractivity contribution < 1.29 is 0 Å². The van der Waals surface area contributed by atoms with Crippen LogP contribution >= 0.6 is 11.5 Å². The number of nitrogens with zero attached hydrogens (tertiary/aromatic N) is 1. The van der Waals surface area contributed by atoms with Gasteiger partial charge in [0.05, 0.1) is 5.69 Å². The lowest BCUT2D eigenvalue weighted by Crippen LogP contribution is -2.25. The van der Waals surface area contributed by atoms with Crippen LogP contribution in [0.2, 0.25) is 0 Å². The van der Waals surface area contributed by atoms with E-state index in [4.69, 9.17) is 0 Å². The molecule has 1 aromatic heterocycles. The topological polar surface area (TPSA) is 24.9 Å². The molecule has 2 unspecified atom stereocenters. The maximum Gasteiger partial charge on any atom is 0.0573 e. The molecule has 1 heterocycles. The first-order valence-corrected chi connectivity index (χ1v) is 6.31. The maximum absolute atomic E-state index is 4.46. The summed E-state index contributed by atoms with van der Waals surface area (Å²) < 4.78 is 4.46. The van der Waals surface area contributed by atoms with E-state index in [-0.39, 0.29) is 0 Å². The van der Waals surface area contributed by atoms with Crippen molar-refractivity contribution in [1.29, 1.82) is 0 Å². The molecular formula is C11H18N2S. The Morgan fingerprint density at radius 1 is 1.43 bits per heavy atom. The van der Waals surface area contributed by atoms with Gasteiger partial charge in [0, 0.05) is 17.3 Å². The third-order valence-electron chi connectivity index (χ3n) is 3.21. The molecule has 0 aliphatic heterocycles. The summed E-state index contributed by atoms with van der Waals surface area (Å²) in [7, 11) is 2.08. The second-order valence-corrected chi connectivity index (χ2v) is 4.79. The minimum Gasteiger partial charge on any atom is -0.317 e. The van der Waals surface area contributed by atoms with Gasteiger partial charge in [0.1, 0.15) is 0 Å². The minimum atomic E-state index is 0.696. The summed E-state index contributed by atoms with van der Waals surface area (Å²) in [6.07, 6.45) is 6.64. The normalized spacial score (nSPS) is 28.6. The molecule has 0 spiro atoms. The van der Waals surface area contributed by atoms with Gasteiger partial charge in [-0.15, -0.1) is 0 Å². The predicted octanol–water partition coefficient (Wildman–Crippen LogP) is 2.78. The van der Waals surface area contributed by atoms with Crippen LogP contribution in [-0.2, 0) is 0 Å². The van der Waals surface area contributed by atoms with Crippen LogP contribution in [0.1, 0.15) is 43.7 Å². The zero-order chi connectivity index (χ0) is 9.80. The van der Waals surface area contributed by atoms with E-state index >= 15 is 0 Å². The molecule has 1 fully saturated rings. The molecular weight excluding hydrogens is 192 g/mol. The highest BCUT2D eigenvalue weighted by Crippen LogP contribution is 2.31. The van der Waals surface area contributed by atoms with Crippen LogP contribution in [0.4, 0.5) is 0 Å². The van der Waals surface area contributed by atoms with Crippen LogP contribution in [0, 0.1) is 0 Å². The lowest BCUT2D eigenvalue weighted by molar-refractivity contribution is 0.468. The molecule has 1 aliphatic rings. The first kappa shape index (κ1) is 10.1. The monoisotopic (exact) mass is 210 g/mol. The highest BCUT2D eigenvalue weighted by molar-refractivity contribution is 7.03. The van der Waals surface area contributed by atoms with Gasteiger partial charge in [0.15, 0.2) is 0 Å². The number of rotatable bonds is 2. The van der Waals surface area contributed by atoms with E-state index < -0.39 is 0 Å². The quantitative estimate of drug-likeness (QED) is 0.759. The van der Waals surface area contributed by atoms with E-state index in [1.54, 1.807) is 11.5 Å². The van der Waals surface area contributed by atoms with Crippen LogP contribution in [0.3, 0.4) is 0 Å². The van der Waals surface area contributed by atoms with Gasteiger partial charge >= 0.3 is 0 Å². The molecule has 1 saturated carbocycles. The Kier molecular flexibility index (Phi) is 3.54. The van der Waals surface area contributed by atoms with Crippen molar-refractivity contribution in [3.63, 3.8) is 0 Å². The first-order valence-electron chi connectivity index (χ1n) is 5.47. The number of hydrogen-bond donors (Lipinski definition) is 1. The van der Waals surface area contributed by atoms with Crippen LogP contribution in [0.5, 0.6) is 0 Å². The predicted molar refractivity (Wildman–Crippen MR) is 60.8 cm³/mol. The molecule has 0 aromatic carbocycles. The fraction of sp³-hybridized carbons (Fsp3) is 0.727. The molecule has 2 nitrogen and oxygen atoms in total. The third-order valence-corrected chi connectivity index (χ3v) is 3.78. The third kappa shape index (κ3) is 2.34. The molecule has 2 atom stereocenters. The van der Waals surface area contributed by atoms with Crippen molar-refractivity contribution in [2.75, 3.05) is 7.05 Å². The van der Waals surface area contributed by atoms with Crippen molar-refractivity contribution in [2.45, 2.75) is 44.1 Å². The lowest BCUT2D eigenvalue weighted by Gasteiger charge is -2.17. The molecule has 0 bridgehead atoms. The summed E-state index contributed by atoms with van der Waals surface area (Å²) in [5.41, 5.74) is 1.32. The van der Waals surface area contributed by atoms with Gasteiger partial charge in [-0.2, -0.15) is 4.37 Å². The van der Waals surface area contributed by atoms with E-state index in [1.165, 1.54) is 37.8 Å². The summed E-state index contributed by atoms with van der Waals surface area (Å²) in [6, 6.07) is 2.89. The van der Waals surface area contributed by atoms with Crippen molar-refractivity contribution in [2.24, 2.45) is 0 Å². The molecule has 0 radical (unpaired) electrons. The lowest BCUT2D eigenvalue weighted by atomic mass is 9.95. The smallest absolute Gasteiger partial charge is 0.0573 e. The summed E-state index contributed by atoms with van der Waals surface area (Å²) in [6.45, 7) is 0. The Morgan fingerprint density at radius 3 is 3.00 bits per heavy atom. The largest absolute Gasteiger partial charge is 0.317 e. The Morgan fingerprint density at radius 2 is 2.29 bits per heavy atom. The van der Waals surface area contributed by atoms with Crippen LogP contribution in [0.25, 0.3) is 0 Å². The van der Waals surface area contributed by atoms with E-state index in [9.17, 15) is 0 Å². The van der Waals surface area contributed by atoms with E-state index in [0.717, 1.165) is 0 Å². The zero-order valence-corrected chi connectivity index (χ0v) is 9.52. The van der Waals surface area contributed by atoms with Gasteiger partial charge in [-0.1, -0.05) is 12.8 Å². The van der Waals surface area contributed by atoms with E-state index in [0.29, 0.717) is 12.0 Å². The van der Waals surface area contributed by atoms with E-state index in [1.807, 2.05) is 0 Å².